The van der Waals surface area contributed by atoms with E-state index in [2.05, 4.69) is 18.8 Å². The molecule has 0 atom stereocenters. The Balaban J connectivity index is 2.36. The predicted octanol–water partition coefficient (Wildman–Crippen LogP) is 3.14. The number of rotatable bonds is 5. The van der Waals surface area contributed by atoms with Crippen LogP contribution in [-0.2, 0) is 6.42 Å². The molecule has 4 heteroatoms. The molecule has 2 aromatic rings. The molecule has 2 rings (SSSR count). The number of ether oxygens (including phenoxy) is 1. The van der Waals surface area contributed by atoms with E-state index in [1.165, 1.54) is 0 Å². The summed E-state index contributed by atoms with van der Waals surface area (Å²) < 4.78 is 5.80. The minimum Gasteiger partial charge on any atom is -0.493 e. The van der Waals surface area contributed by atoms with Crippen molar-refractivity contribution in [1.29, 1.82) is 5.26 Å². The quantitative estimate of drug-likeness (QED) is 0.916. The summed E-state index contributed by atoms with van der Waals surface area (Å²) in [4.78, 5) is 14.8. The van der Waals surface area contributed by atoms with E-state index in [0.717, 1.165) is 11.3 Å². The average molecular weight is 282 g/mol. The van der Waals surface area contributed by atoms with Crippen molar-refractivity contribution in [1.82, 2.24) is 4.98 Å². The Morgan fingerprint density at radius 2 is 2.00 bits per heavy atom. The number of pyridine rings is 1. The van der Waals surface area contributed by atoms with Crippen molar-refractivity contribution in [2.24, 2.45) is 5.92 Å². The van der Waals surface area contributed by atoms with Crippen LogP contribution in [0.2, 0.25) is 0 Å². The van der Waals surface area contributed by atoms with Crippen molar-refractivity contribution >= 4 is 0 Å². The molecule has 1 heterocycles. The van der Waals surface area contributed by atoms with E-state index in [0.29, 0.717) is 23.8 Å². The summed E-state index contributed by atoms with van der Waals surface area (Å²) in [6.07, 6.45) is 0.112. The van der Waals surface area contributed by atoms with E-state index >= 15 is 0 Å². The van der Waals surface area contributed by atoms with E-state index in [-0.39, 0.29) is 12.0 Å². The van der Waals surface area contributed by atoms with Crippen molar-refractivity contribution in [2.45, 2.75) is 20.3 Å². The van der Waals surface area contributed by atoms with Gasteiger partial charge in [-0.2, -0.15) is 5.26 Å². The second-order valence-electron chi connectivity index (χ2n) is 5.26. The maximum atomic E-state index is 11.9. The Bertz CT molecular complexity index is 711. The topological polar surface area (TPSA) is 65.9 Å². The molecule has 0 aliphatic carbocycles. The molecule has 0 unspecified atom stereocenters. The number of benzene rings is 1. The molecular formula is C17H18N2O2. The molecule has 0 aliphatic rings. The van der Waals surface area contributed by atoms with Crippen LogP contribution in [0.25, 0.3) is 11.3 Å². The summed E-state index contributed by atoms with van der Waals surface area (Å²) in [6.45, 7) is 4.79. The van der Waals surface area contributed by atoms with Crippen molar-refractivity contribution in [2.75, 3.05) is 6.61 Å². The molecule has 0 aliphatic heterocycles. The Morgan fingerprint density at radius 3 is 2.67 bits per heavy atom. The van der Waals surface area contributed by atoms with Crippen molar-refractivity contribution in [3.8, 4) is 23.1 Å². The number of aromatic amines is 1. The van der Waals surface area contributed by atoms with Gasteiger partial charge < -0.3 is 9.72 Å². The zero-order valence-electron chi connectivity index (χ0n) is 12.2. The molecule has 0 bridgehead atoms. The molecular weight excluding hydrogens is 264 g/mol. The van der Waals surface area contributed by atoms with Crippen LogP contribution in [0.3, 0.4) is 0 Å². The normalized spacial score (nSPS) is 10.4. The highest BCUT2D eigenvalue weighted by atomic mass is 16.5. The summed E-state index contributed by atoms with van der Waals surface area (Å²) in [5.74, 6) is 1.17. The Morgan fingerprint density at radius 1 is 1.24 bits per heavy atom. The van der Waals surface area contributed by atoms with Gasteiger partial charge in [0, 0.05) is 11.1 Å². The summed E-state index contributed by atoms with van der Waals surface area (Å²) in [5, 5.41) is 8.67. The number of H-pyrrole nitrogens is 1. The van der Waals surface area contributed by atoms with Gasteiger partial charge in [-0.25, -0.2) is 0 Å². The van der Waals surface area contributed by atoms with Gasteiger partial charge in [0.2, 0.25) is 0 Å². The maximum absolute atomic E-state index is 11.9. The summed E-state index contributed by atoms with van der Waals surface area (Å²) in [7, 11) is 0. The fraction of sp³-hybridized carbons (Fsp3) is 0.294. The third-order valence-corrected chi connectivity index (χ3v) is 3.01. The van der Waals surface area contributed by atoms with Crippen LogP contribution < -0.4 is 10.3 Å². The monoisotopic (exact) mass is 282 g/mol. The van der Waals surface area contributed by atoms with Crippen LogP contribution in [0, 0.1) is 17.2 Å². The molecule has 21 heavy (non-hydrogen) atoms. The van der Waals surface area contributed by atoms with Crippen LogP contribution in [0.4, 0.5) is 0 Å². The first-order chi connectivity index (χ1) is 10.1. The number of para-hydroxylation sites is 1. The first-order valence-corrected chi connectivity index (χ1v) is 6.93. The van der Waals surface area contributed by atoms with Crippen molar-refractivity contribution in [3.05, 3.63) is 52.3 Å². The predicted molar refractivity (Wildman–Crippen MR) is 82.1 cm³/mol. The average Bonchev–Trinajstić information content (AvgIpc) is 2.48. The van der Waals surface area contributed by atoms with Gasteiger partial charge in [0.05, 0.1) is 24.8 Å². The fourth-order valence-electron chi connectivity index (χ4n) is 1.96. The first-order valence-electron chi connectivity index (χ1n) is 6.93. The lowest BCUT2D eigenvalue weighted by molar-refractivity contribution is 0.272. The molecule has 1 aromatic heterocycles. The largest absolute Gasteiger partial charge is 0.493 e. The second-order valence-corrected chi connectivity index (χ2v) is 5.26. The molecule has 0 amide bonds. The van der Waals surface area contributed by atoms with E-state index in [9.17, 15) is 4.79 Å². The number of hydrogen-bond acceptors (Lipinski definition) is 3. The van der Waals surface area contributed by atoms with Gasteiger partial charge in [-0.1, -0.05) is 32.0 Å². The van der Waals surface area contributed by atoms with Gasteiger partial charge in [-0.15, -0.1) is 0 Å². The van der Waals surface area contributed by atoms with Crippen LogP contribution in [-0.4, -0.2) is 11.6 Å². The van der Waals surface area contributed by atoms with Crippen LogP contribution in [0.5, 0.6) is 5.75 Å². The molecule has 0 fully saturated rings. The third-order valence-electron chi connectivity index (χ3n) is 3.01. The highest BCUT2D eigenvalue weighted by Crippen LogP contribution is 2.28. The van der Waals surface area contributed by atoms with E-state index in [1.54, 1.807) is 6.07 Å². The minimum atomic E-state index is -0.229. The Hall–Kier alpha value is -2.54. The van der Waals surface area contributed by atoms with Gasteiger partial charge in [-0.05, 0) is 24.1 Å². The van der Waals surface area contributed by atoms with Gasteiger partial charge >= 0.3 is 0 Å². The molecule has 0 spiro atoms. The number of nitrogens with one attached hydrogen (secondary N) is 1. The zero-order chi connectivity index (χ0) is 15.2. The molecule has 0 radical (unpaired) electrons. The molecule has 0 saturated carbocycles. The van der Waals surface area contributed by atoms with Crippen LogP contribution in [0.1, 0.15) is 19.4 Å². The van der Waals surface area contributed by atoms with Crippen molar-refractivity contribution < 1.29 is 4.74 Å². The lowest BCUT2D eigenvalue weighted by Gasteiger charge is -2.13. The van der Waals surface area contributed by atoms with Crippen LogP contribution in [0.15, 0.2) is 41.2 Å². The molecule has 1 N–H and O–H groups in total. The number of hydrogen-bond donors (Lipinski definition) is 1. The van der Waals surface area contributed by atoms with E-state index < -0.39 is 0 Å². The lowest BCUT2D eigenvalue weighted by Crippen LogP contribution is -2.12. The Kier molecular flexibility index (Phi) is 4.78. The summed E-state index contributed by atoms with van der Waals surface area (Å²) >= 11 is 0. The van der Waals surface area contributed by atoms with Gasteiger partial charge in [0.1, 0.15) is 5.75 Å². The fourth-order valence-corrected chi connectivity index (χ4v) is 1.96. The van der Waals surface area contributed by atoms with Gasteiger partial charge in [0.15, 0.2) is 0 Å². The van der Waals surface area contributed by atoms with Crippen LogP contribution >= 0.6 is 0 Å². The number of nitrogens with zero attached hydrogens (tertiary/aromatic N) is 1. The molecule has 4 nitrogen and oxygen atoms in total. The van der Waals surface area contributed by atoms with E-state index in [1.807, 2.05) is 36.4 Å². The number of aromatic nitrogens is 1. The second kappa shape index (κ2) is 6.76. The zero-order valence-corrected chi connectivity index (χ0v) is 12.2. The van der Waals surface area contributed by atoms with Crippen molar-refractivity contribution in [3.63, 3.8) is 0 Å². The van der Waals surface area contributed by atoms with Gasteiger partial charge in [0.25, 0.3) is 5.56 Å². The first kappa shape index (κ1) is 14.9. The summed E-state index contributed by atoms with van der Waals surface area (Å²) in [6, 6.07) is 13.1. The smallest absolute Gasteiger partial charge is 0.252 e. The highest BCUT2D eigenvalue weighted by molar-refractivity contribution is 5.67. The summed E-state index contributed by atoms with van der Waals surface area (Å²) in [5.41, 5.74) is 1.79. The van der Waals surface area contributed by atoms with E-state index in [4.69, 9.17) is 10.00 Å². The standard InChI is InChI=1S/C17H18N2O2/c1-12(2)11-21-16-6-4-3-5-14(16)15-8-7-13(9-10-18)17(20)19-15/h3-8,12H,9,11H2,1-2H3,(H,19,20). The minimum absolute atomic E-state index is 0.112. The third kappa shape index (κ3) is 3.73. The molecule has 108 valence electrons. The maximum Gasteiger partial charge on any atom is 0.252 e. The number of nitriles is 1. The molecule has 0 saturated heterocycles. The van der Waals surface area contributed by atoms with Gasteiger partial charge in [-0.3, -0.25) is 4.79 Å². The Labute approximate surface area is 124 Å². The highest BCUT2D eigenvalue weighted by Gasteiger charge is 2.09. The lowest BCUT2D eigenvalue weighted by atomic mass is 10.1. The molecule has 1 aromatic carbocycles. The SMILES string of the molecule is CC(C)COc1ccccc1-c1ccc(CC#N)c(=O)[nH]1.